The molecule has 0 bridgehead atoms. The highest BCUT2D eigenvalue weighted by atomic mass is 35.5. The van der Waals surface area contributed by atoms with Crippen LogP contribution in [0.1, 0.15) is 38.8 Å². The molecular formula is C16H27ClN2. The summed E-state index contributed by atoms with van der Waals surface area (Å²) in [4.78, 5) is 2.39. The van der Waals surface area contributed by atoms with Crippen molar-refractivity contribution in [2.45, 2.75) is 33.2 Å². The molecule has 0 fully saturated rings. The molecule has 0 saturated heterocycles. The average molecular weight is 283 g/mol. The predicted molar refractivity (Wildman–Crippen MR) is 84.8 cm³/mol. The fourth-order valence-electron chi connectivity index (χ4n) is 2.45. The Balaban J connectivity index is 2.57. The zero-order valence-corrected chi connectivity index (χ0v) is 13.6. The van der Waals surface area contributed by atoms with E-state index in [1.54, 1.807) is 0 Å². The van der Waals surface area contributed by atoms with Crippen LogP contribution >= 0.6 is 11.6 Å². The molecule has 1 aromatic carbocycles. The van der Waals surface area contributed by atoms with Crippen molar-refractivity contribution in [1.82, 2.24) is 10.2 Å². The van der Waals surface area contributed by atoms with E-state index in [0.29, 0.717) is 11.5 Å². The number of rotatable bonds is 6. The first-order chi connectivity index (χ1) is 8.83. The smallest absolute Gasteiger partial charge is 0.0453 e. The van der Waals surface area contributed by atoms with Gasteiger partial charge in [-0.3, -0.25) is 0 Å². The minimum absolute atomic E-state index is 0.316. The molecule has 0 saturated carbocycles. The highest BCUT2D eigenvalue weighted by Gasteiger charge is 2.16. The molecule has 3 heteroatoms. The predicted octanol–water partition coefficient (Wildman–Crippen LogP) is 3.97. The molecule has 108 valence electrons. The third-order valence-electron chi connectivity index (χ3n) is 3.17. The number of benzene rings is 1. The quantitative estimate of drug-likeness (QED) is 0.849. The van der Waals surface area contributed by atoms with Gasteiger partial charge in [0.2, 0.25) is 0 Å². The lowest BCUT2D eigenvalue weighted by molar-refractivity contribution is 0.218. The Morgan fingerprint density at radius 3 is 2.42 bits per heavy atom. The molecule has 0 aliphatic heterocycles. The third kappa shape index (κ3) is 5.94. The SMILES string of the molecule is CNC(CCN(C)CC(C)(C)C)c1ccccc1Cl. The molecule has 0 amide bonds. The molecule has 0 aliphatic rings. The summed E-state index contributed by atoms with van der Waals surface area (Å²) in [5, 5.41) is 4.21. The number of halogens is 1. The van der Waals surface area contributed by atoms with Crippen LogP contribution in [-0.2, 0) is 0 Å². The van der Waals surface area contributed by atoms with Crippen molar-refractivity contribution in [2.24, 2.45) is 5.41 Å². The van der Waals surface area contributed by atoms with Crippen LogP contribution in [0.2, 0.25) is 5.02 Å². The van der Waals surface area contributed by atoms with Gasteiger partial charge >= 0.3 is 0 Å². The molecule has 1 aromatic rings. The Bertz CT molecular complexity index is 385. The fraction of sp³-hybridized carbons (Fsp3) is 0.625. The maximum atomic E-state index is 6.27. The van der Waals surface area contributed by atoms with Crippen molar-refractivity contribution in [1.29, 1.82) is 0 Å². The highest BCUT2D eigenvalue weighted by molar-refractivity contribution is 6.31. The summed E-state index contributed by atoms with van der Waals surface area (Å²) in [7, 11) is 4.18. The van der Waals surface area contributed by atoms with Crippen LogP contribution in [0.25, 0.3) is 0 Å². The fourth-order valence-corrected chi connectivity index (χ4v) is 2.72. The van der Waals surface area contributed by atoms with Crippen LogP contribution in [0.3, 0.4) is 0 Å². The summed E-state index contributed by atoms with van der Waals surface area (Å²) < 4.78 is 0. The van der Waals surface area contributed by atoms with E-state index in [4.69, 9.17) is 11.6 Å². The minimum atomic E-state index is 0.316. The van der Waals surface area contributed by atoms with Gasteiger partial charge in [-0.05, 0) is 44.1 Å². The van der Waals surface area contributed by atoms with Crippen molar-refractivity contribution in [3.8, 4) is 0 Å². The number of hydrogen-bond acceptors (Lipinski definition) is 2. The highest BCUT2D eigenvalue weighted by Crippen LogP contribution is 2.25. The monoisotopic (exact) mass is 282 g/mol. The number of nitrogens with zero attached hydrogens (tertiary/aromatic N) is 1. The van der Waals surface area contributed by atoms with Gasteiger partial charge in [-0.2, -0.15) is 0 Å². The van der Waals surface area contributed by atoms with Gasteiger partial charge in [0.05, 0.1) is 0 Å². The van der Waals surface area contributed by atoms with Crippen molar-refractivity contribution < 1.29 is 0 Å². The maximum absolute atomic E-state index is 6.27. The van der Waals surface area contributed by atoms with Crippen molar-refractivity contribution in [3.63, 3.8) is 0 Å². The molecule has 1 N–H and O–H groups in total. The van der Waals surface area contributed by atoms with E-state index in [9.17, 15) is 0 Å². The molecule has 0 aromatic heterocycles. The van der Waals surface area contributed by atoms with Crippen LogP contribution in [0.4, 0.5) is 0 Å². The molecule has 1 rings (SSSR count). The van der Waals surface area contributed by atoms with E-state index in [1.807, 2.05) is 25.2 Å². The van der Waals surface area contributed by atoms with E-state index in [2.05, 4.69) is 44.1 Å². The first-order valence-electron chi connectivity index (χ1n) is 6.94. The molecule has 0 radical (unpaired) electrons. The van der Waals surface area contributed by atoms with Gasteiger partial charge in [0.15, 0.2) is 0 Å². The first kappa shape index (κ1) is 16.5. The molecular weight excluding hydrogens is 256 g/mol. The second-order valence-corrected chi connectivity index (χ2v) is 6.86. The summed E-state index contributed by atoms with van der Waals surface area (Å²) in [6.45, 7) is 8.98. The first-order valence-corrected chi connectivity index (χ1v) is 7.31. The van der Waals surface area contributed by atoms with Gasteiger partial charge in [0.25, 0.3) is 0 Å². The minimum Gasteiger partial charge on any atom is -0.313 e. The summed E-state index contributed by atoms with van der Waals surface area (Å²) in [6.07, 6.45) is 1.06. The Kier molecular flexibility index (Phi) is 6.31. The third-order valence-corrected chi connectivity index (χ3v) is 3.52. The molecule has 19 heavy (non-hydrogen) atoms. The van der Waals surface area contributed by atoms with Gasteiger partial charge in [-0.25, -0.2) is 0 Å². The summed E-state index contributed by atoms with van der Waals surface area (Å²) in [5.41, 5.74) is 1.53. The van der Waals surface area contributed by atoms with Crippen LogP contribution in [0.15, 0.2) is 24.3 Å². The summed E-state index contributed by atoms with van der Waals surface area (Å²) >= 11 is 6.27. The average Bonchev–Trinajstić information content (AvgIpc) is 2.29. The Labute approximate surface area is 123 Å². The standard InChI is InChI=1S/C16H27ClN2/c1-16(2,3)12-19(5)11-10-15(18-4)13-8-6-7-9-14(13)17/h6-9,15,18H,10-12H2,1-5H3. The van der Waals surface area contributed by atoms with E-state index < -0.39 is 0 Å². The van der Waals surface area contributed by atoms with Crippen LogP contribution in [-0.4, -0.2) is 32.1 Å². The lowest BCUT2D eigenvalue weighted by atomic mass is 9.96. The van der Waals surface area contributed by atoms with E-state index in [1.165, 1.54) is 5.56 Å². The molecule has 1 atom stereocenters. The second kappa shape index (κ2) is 7.28. The lowest BCUT2D eigenvalue weighted by Crippen LogP contribution is -2.32. The largest absolute Gasteiger partial charge is 0.313 e. The molecule has 2 nitrogen and oxygen atoms in total. The number of hydrogen-bond donors (Lipinski definition) is 1. The van der Waals surface area contributed by atoms with Gasteiger partial charge in [-0.15, -0.1) is 0 Å². The van der Waals surface area contributed by atoms with Crippen molar-refractivity contribution in [2.75, 3.05) is 27.2 Å². The van der Waals surface area contributed by atoms with E-state index >= 15 is 0 Å². The Morgan fingerprint density at radius 1 is 1.26 bits per heavy atom. The van der Waals surface area contributed by atoms with Crippen LogP contribution in [0, 0.1) is 5.41 Å². The zero-order valence-electron chi connectivity index (χ0n) is 12.8. The Morgan fingerprint density at radius 2 is 1.89 bits per heavy atom. The number of nitrogens with one attached hydrogen (secondary N) is 1. The van der Waals surface area contributed by atoms with Gasteiger partial charge < -0.3 is 10.2 Å². The van der Waals surface area contributed by atoms with Gasteiger partial charge in [0, 0.05) is 17.6 Å². The molecule has 0 heterocycles. The van der Waals surface area contributed by atoms with Gasteiger partial charge in [0.1, 0.15) is 0 Å². The van der Waals surface area contributed by atoms with Crippen molar-refractivity contribution >= 4 is 11.6 Å². The maximum Gasteiger partial charge on any atom is 0.0453 e. The molecule has 1 unspecified atom stereocenters. The lowest BCUT2D eigenvalue weighted by Gasteiger charge is -2.28. The topological polar surface area (TPSA) is 15.3 Å². The van der Waals surface area contributed by atoms with E-state index in [-0.39, 0.29) is 0 Å². The zero-order chi connectivity index (χ0) is 14.5. The summed E-state index contributed by atoms with van der Waals surface area (Å²) in [6, 6.07) is 8.40. The van der Waals surface area contributed by atoms with Crippen LogP contribution in [0.5, 0.6) is 0 Å². The molecule has 0 spiro atoms. The van der Waals surface area contributed by atoms with Crippen LogP contribution < -0.4 is 5.32 Å². The van der Waals surface area contributed by atoms with Gasteiger partial charge in [-0.1, -0.05) is 50.6 Å². The Hall–Kier alpha value is -0.570. The van der Waals surface area contributed by atoms with E-state index in [0.717, 1.165) is 24.5 Å². The molecule has 0 aliphatic carbocycles. The van der Waals surface area contributed by atoms with Crippen molar-refractivity contribution in [3.05, 3.63) is 34.9 Å². The summed E-state index contributed by atoms with van der Waals surface area (Å²) in [5.74, 6) is 0. The normalized spacial score (nSPS) is 13.8. The second-order valence-electron chi connectivity index (χ2n) is 6.45.